The highest BCUT2D eigenvalue weighted by Gasteiger charge is 2.51. The van der Waals surface area contributed by atoms with Crippen molar-refractivity contribution in [2.75, 3.05) is 4.90 Å². The highest BCUT2D eigenvalue weighted by molar-refractivity contribution is 9.10. The van der Waals surface area contributed by atoms with Crippen molar-refractivity contribution in [3.63, 3.8) is 0 Å². The van der Waals surface area contributed by atoms with Gasteiger partial charge in [0, 0.05) is 15.6 Å². The Morgan fingerprint density at radius 2 is 1.71 bits per heavy atom. The van der Waals surface area contributed by atoms with Crippen LogP contribution in [0.1, 0.15) is 39.0 Å². The second kappa shape index (κ2) is 8.49. The molecular formula is C29H24BrNO3. The number of benzene rings is 4. The molecule has 4 aromatic carbocycles. The quantitative estimate of drug-likeness (QED) is 0.322. The molecule has 5 rings (SSSR count). The minimum atomic E-state index is -1.93. The molecule has 4 aromatic rings. The lowest BCUT2D eigenvalue weighted by atomic mass is 9.87. The van der Waals surface area contributed by atoms with Gasteiger partial charge in [0.25, 0.3) is 5.91 Å². The van der Waals surface area contributed by atoms with Crippen LogP contribution in [0.25, 0.3) is 10.8 Å². The maximum atomic E-state index is 13.7. The van der Waals surface area contributed by atoms with E-state index in [-0.39, 0.29) is 12.2 Å². The zero-order valence-corrected chi connectivity index (χ0v) is 20.6. The summed E-state index contributed by atoms with van der Waals surface area (Å²) in [5.41, 5.74) is 2.51. The van der Waals surface area contributed by atoms with E-state index in [1.54, 1.807) is 17.0 Å². The van der Waals surface area contributed by atoms with Crippen molar-refractivity contribution in [3.05, 3.63) is 111 Å². The van der Waals surface area contributed by atoms with Gasteiger partial charge in [-0.3, -0.25) is 9.59 Å². The van der Waals surface area contributed by atoms with Gasteiger partial charge in [0.2, 0.25) is 0 Å². The lowest BCUT2D eigenvalue weighted by molar-refractivity contribution is -0.136. The molecule has 0 saturated heterocycles. The van der Waals surface area contributed by atoms with Crippen molar-refractivity contribution >= 4 is 44.1 Å². The average Bonchev–Trinajstić information content (AvgIpc) is 3.00. The number of rotatable bonds is 5. The first-order chi connectivity index (χ1) is 16.3. The van der Waals surface area contributed by atoms with Gasteiger partial charge in [-0.25, -0.2) is 0 Å². The normalized spacial score (nSPS) is 17.3. The summed E-state index contributed by atoms with van der Waals surface area (Å²) in [6.45, 7) is 4.14. The average molecular weight is 514 g/mol. The van der Waals surface area contributed by atoms with Gasteiger partial charge in [-0.1, -0.05) is 76.1 Å². The third-order valence-electron chi connectivity index (χ3n) is 6.55. The fourth-order valence-electron chi connectivity index (χ4n) is 4.82. The van der Waals surface area contributed by atoms with Crippen LogP contribution in [0, 0.1) is 13.8 Å². The molecule has 1 amide bonds. The highest BCUT2D eigenvalue weighted by Crippen LogP contribution is 2.45. The summed E-state index contributed by atoms with van der Waals surface area (Å²) in [5.74, 6) is -0.737. The Labute approximate surface area is 207 Å². The predicted molar refractivity (Wildman–Crippen MR) is 138 cm³/mol. The largest absolute Gasteiger partial charge is 0.375 e. The van der Waals surface area contributed by atoms with Crippen LogP contribution in [0.3, 0.4) is 0 Å². The Morgan fingerprint density at radius 3 is 2.47 bits per heavy atom. The first-order valence-corrected chi connectivity index (χ1v) is 12.0. The van der Waals surface area contributed by atoms with Crippen LogP contribution in [0.4, 0.5) is 5.69 Å². The predicted octanol–water partition coefficient (Wildman–Crippen LogP) is 6.23. The first kappa shape index (κ1) is 22.5. The molecular weight excluding hydrogens is 490 g/mol. The van der Waals surface area contributed by atoms with Crippen molar-refractivity contribution in [1.82, 2.24) is 0 Å². The number of hydrogen-bond donors (Lipinski definition) is 1. The van der Waals surface area contributed by atoms with Gasteiger partial charge in [-0.15, -0.1) is 0 Å². The number of fused-ring (bicyclic) bond motifs is 2. The van der Waals surface area contributed by atoms with E-state index in [1.807, 2.05) is 74.5 Å². The summed E-state index contributed by atoms with van der Waals surface area (Å²) in [7, 11) is 0. The summed E-state index contributed by atoms with van der Waals surface area (Å²) in [4.78, 5) is 28.5. The molecule has 0 bridgehead atoms. The Bertz CT molecular complexity index is 1460. The number of carbonyl (C=O) groups excluding carboxylic acids is 2. The Balaban J connectivity index is 1.51. The Hall–Kier alpha value is -3.28. The zero-order chi connectivity index (χ0) is 24.0. The van der Waals surface area contributed by atoms with Crippen molar-refractivity contribution in [3.8, 4) is 0 Å². The van der Waals surface area contributed by atoms with Crippen LogP contribution < -0.4 is 4.90 Å². The Kier molecular flexibility index (Phi) is 5.62. The molecule has 1 aliphatic heterocycles. The van der Waals surface area contributed by atoms with Gasteiger partial charge in [0.05, 0.1) is 18.7 Å². The molecule has 4 nitrogen and oxygen atoms in total. The number of aryl methyl sites for hydroxylation is 2. The number of aliphatic hydroxyl groups is 1. The number of halogens is 1. The molecule has 5 heteroatoms. The zero-order valence-electron chi connectivity index (χ0n) is 19.0. The van der Waals surface area contributed by atoms with Gasteiger partial charge in [0.1, 0.15) is 0 Å². The minimum absolute atomic E-state index is 0.258. The number of hydrogen-bond acceptors (Lipinski definition) is 3. The van der Waals surface area contributed by atoms with Crippen LogP contribution in [0.5, 0.6) is 0 Å². The summed E-state index contributed by atoms with van der Waals surface area (Å²) in [6.07, 6.45) is -0.312. The van der Waals surface area contributed by atoms with E-state index in [0.717, 1.165) is 31.9 Å². The lowest BCUT2D eigenvalue weighted by Gasteiger charge is -2.23. The summed E-state index contributed by atoms with van der Waals surface area (Å²) < 4.78 is 0.740. The van der Waals surface area contributed by atoms with Crippen molar-refractivity contribution in [1.29, 1.82) is 0 Å². The van der Waals surface area contributed by atoms with Gasteiger partial charge in [-0.2, -0.15) is 0 Å². The first-order valence-electron chi connectivity index (χ1n) is 11.2. The molecule has 1 heterocycles. The number of carbonyl (C=O) groups is 2. The van der Waals surface area contributed by atoms with Crippen LogP contribution >= 0.6 is 15.9 Å². The summed E-state index contributed by atoms with van der Waals surface area (Å²) in [5, 5.41) is 13.9. The van der Waals surface area contributed by atoms with Crippen molar-refractivity contribution < 1.29 is 14.7 Å². The number of anilines is 1. The van der Waals surface area contributed by atoms with Crippen molar-refractivity contribution in [2.45, 2.75) is 32.4 Å². The molecule has 1 N–H and O–H groups in total. The van der Waals surface area contributed by atoms with E-state index in [9.17, 15) is 14.7 Å². The maximum Gasteiger partial charge on any atom is 0.264 e. The molecule has 0 aromatic heterocycles. The van der Waals surface area contributed by atoms with E-state index in [1.165, 1.54) is 0 Å². The number of amides is 1. The number of nitrogens with zero attached hydrogens (tertiary/aromatic N) is 1. The number of ketones is 1. The molecule has 0 radical (unpaired) electrons. The smallest absolute Gasteiger partial charge is 0.264 e. The topological polar surface area (TPSA) is 57.6 Å². The standard InChI is InChI=1S/C29H24BrNO3/c1-18-7-11-24(19(2)13-18)27(32)16-29(34)25-15-23(30)10-12-26(25)31(28(29)33)17-20-8-9-21-5-3-4-6-22(21)14-20/h3-15,34H,16-17H2,1-2H3. The molecule has 170 valence electrons. The minimum Gasteiger partial charge on any atom is -0.375 e. The van der Waals surface area contributed by atoms with Crippen LogP contribution in [0.15, 0.2) is 83.3 Å². The SMILES string of the molecule is Cc1ccc(C(=O)CC2(O)C(=O)N(Cc3ccc4ccccc4c3)c3ccc(Br)cc32)c(C)c1. The van der Waals surface area contributed by atoms with E-state index in [2.05, 4.69) is 22.0 Å². The molecule has 1 unspecified atom stereocenters. The van der Waals surface area contributed by atoms with E-state index >= 15 is 0 Å². The fraction of sp³-hybridized carbons (Fsp3) is 0.172. The Morgan fingerprint density at radius 1 is 0.941 bits per heavy atom. The maximum absolute atomic E-state index is 13.7. The van der Waals surface area contributed by atoms with Gasteiger partial charge < -0.3 is 10.0 Å². The second-order valence-electron chi connectivity index (χ2n) is 9.01. The van der Waals surface area contributed by atoms with Gasteiger partial charge in [0.15, 0.2) is 11.4 Å². The molecule has 1 atom stereocenters. The van der Waals surface area contributed by atoms with Gasteiger partial charge in [-0.05, 0) is 60.0 Å². The third kappa shape index (κ3) is 3.85. The van der Waals surface area contributed by atoms with E-state index in [0.29, 0.717) is 23.4 Å². The number of Topliss-reactive ketones (excluding diaryl/α,β-unsaturated/α-hetero) is 1. The highest BCUT2D eigenvalue weighted by atomic mass is 79.9. The summed E-state index contributed by atoms with van der Waals surface area (Å²) >= 11 is 3.46. The van der Waals surface area contributed by atoms with Crippen LogP contribution in [-0.4, -0.2) is 16.8 Å². The summed E-state index contributed by atoms with van der Waals surface area (Å²) in [6, 6.07) is 25.1. The molecule has 0 aliphatic carbocycles. The molecule has 0 saturated carbocycles. The molecule has 34 heavy (non-hydrogen) atoms. The molecule has 1 aliphatic rings. The van der Waals surface area contributed by atoms with E-state index < -0.39 is 11.5 Å². The lowest BCUT2D eigenvalue weighted by Crippen LogP contribution is -2.41. The monoisotopic (exact) mass is 513 g/mol. The van der Waals surface area contributed by atoms with Gasteiger partial charge >= 0.3 is 0 Å². The molecule has 0 fully saturated rings. The molecule has 0 spiro atoms. The third-order valence-corrected chi connectivity index (χ3v) is 7.04. The fourth-order valence-corrected chi connectivity index (χ4v) is 5.19. The van der Waals surface area contributed by atoms with E-state index in [4.69, 9.17) is 0 Å². The van der Waals surface area contributed by atoms with Crippen LogP contribution in [-0.2, 0) is 16.9 Å². The van der Waals surface area contributed by atoms with Crippen LogP contribution in [0.2, 0.25) is 0 Å². The second-order valence-corrected chi connectivity index (χ2v) is 9.93. The van der Waals surface area contributed by atoms with Crippen molar-refractivity contribution in [2.24, 2.45) is 0 Å².